The van der Waals surface area contributed by atoms with Gasteiger partial charge in [-0.25, -0.2) is 4.39 Å². The fraction of sp³-hybridized carbons (Fsp3) is 0.333. The minimum atomic E-state index is -0.334. The highest BCUT2D eigenvalue weighted by Crippen LogP contribution is 2.21. The fourth-order valence-corrected chi connectivity index (χ4v) is 1.96. The van der Waals surface area contributed by atoms with E-state index in [-0.39, 0.29) is 30.1 Å². The Labute approximate surface area is 98.4 Å². The fourth-order valence-electron chi connectivity index (χ4n) is 1.96. The lowest BCUT2D eigenvalue weighted by atomic mass is 10.2. The average Bonchev–Trinajstić information content (AvgIpc) is 2.59. The molecule has 0 spiro atoms. The van der Waals surface area contributed by atoms with Crippen LogP contribution in [0.25, 0.3) is 0 Å². The van der Waals surface area contributed by atoms with E-state index < -0.39 is 0 Å². The molecule has 1 atom stereocenters. The number of carbonyl (C=O) groups excluding carboxylic acids is 2. The van der Waals surface area contributed by atoms with Gasteiger partial charge in [-0.05, 0) is 24.3 Å². The number of hydrogen-bond donors (Lipinski definition) is 1. The van der Waals surface area contributed by atoms with E-state index >= 15 is 0 Å². The molecule has 5 heteroatoms. The predicted octanol–water partition coefficient (Wildman–Crippen LogP) is 1.07. The van der Waals surface area contributed by atoms with Crippen LogP contribution in [0.1, 0.15) is 13.3 Å². The third-order valence-electron chi connectivity index (χ3n) is 2.67. The van der Waals surface area contributed by atoms with Crippen molar-refractivity contribution in [3.05, 3.63) is 30.1 Å². The van der Waals surface area contributed by atoms with Crippen molar-refractivity contribution in [3.8, 4) is 0 Å². The molecule has 0 radical (unpaired) electrons. The summed E-state index contributed by atoms with van der Waals surface area (Å²) in [5, 5.41) is 2.71. The zero-order valence-electron chi connectivity index (χ0n) is 9.44. The number of halogens is 1. The monoisotopic (exact) mass is 236 g/mol. The number of carbonyl (C=O) groups is 2. The van der Waals surface area contributed by atoms with Crippen molar-refractivity contribution >= 4 is 17.5 Å². The van der Waals surface area contributed by atoms with E-state index in [2.05, 4.69) is 5.32 Å². The molecule has 0 saturated carbocycles. The summed E-state index contributed by atoms with van der Waals surface area (Å²) in [5.74, 6) is -0.544. The molecule has 0 unspecified atom stereocenters. The maximum Gasteiger partial charge on any atom is 0.229 e. The van der Waals surface area contributed by atoms with Gasteiger partial charge in [0.2, 0.25) is 11.8 Å². The normalized spacial score (nSPS) is 19.5. The van der Waals surface area contributed by atoms with Gasteiger partial charge in [-0.3, -0.25) is 9.59 Å². The molecule has 1 aliphatic rings. The van der Waals surface area contributed by atoms with E-state index in [1.807, 2.05) is 0 Å². The Morgan fingerprint density at radius 3 is 2.65 bits per heavy atom. The van der Waals surface area contributed by atoms with Crippen LogP contribution < -0.4 is 10.2 Å². The lowest BCUT2D eigenvalue weighted by Gasteiger charge is -2.16. The number of benzene rings is 1. The summed E-state index contributed by atoms with van der Waals surface area (Å²) in [6.45, 7) is 1.86. The van der Waals surface area contributed by atoms with Gasteiger partial charge in [-0.1, -0.05) is 0 Å². The van der Waals surface area contributed by atoms with Gasteiger partial charge in [-0.2, -0.15) is 0 Å². The molecular weight excluding hydrogens is 223 g/mol. The van der Waals surface area contributed by atoms with E-state index in [4.69, 9.17) is 0 Å². The molecule has 1 heterocycles. The van der Waals surface area contributed by atoms with Gasteiger partial charge in [0.1, 0.15) is 5.82 Å². The lowest BCUT2D eigenvalue weighted by molar-refractivity contribution is -0.119. The lowest BCUT2D eigenvalue weighted by Crippen LogP contribution is -2.35. The zero-order valence-corrected chi connectivity index (χ0v) is 9.44. The second kappa shape index (κ2) is 4.53. The number of amides is 2. The van der Waals surface area contributed by atoms with Crippen LogP contribution in [0.4, 0.5) is 10.1 Å². The van der Waals surface area contributed by atoms with Gasteiger partial charge in [0, 0.05) is 25.6 Å². The largest absolute Gasteiger partial charge is 0.351 e. The van der Waals surface area contributed by atoms with Gasteiger partial charge in [0.25, 0.3) is 0 Å². The number of hydrogen-bond acceptors (Lipinski definition) is 2. The third kappa shape index (κ3) is 2.61. The maximum atomic E-state index is 12.8. The van der Waals surface area contributed by atoms with Crippen molar-refractivity contribution in [1.29, 1.82) is 0 Å². The Hall–Kier alpha value is -1.91. The topological polar surface area (TPSA) is 49.4 Å². The summed E-state index contributed by atoms with van der Waals surface area (Å²) in [6.07, 6.45) is 0.289. The molecule has 1 aromatic carbocycles. The standard InChI is InChI=1S/C12H13FN2O2/c1-8(16)14-10-6-12(17)15(7-10)11-4-2-9(13)3-5-11/h2-5,10H,6-7H2,1H3,(H,14,16)/t10-/m1/s1. The van der Waals surface area contributed by atoms with Crippen LogP contribution >= 0.6 is 0 Å². The molecule has 0 bridgehead atoms. The van der Waals surface area contributed by atoms with E-state index in [0.29, 0.717) is 12.2 Å². The van der Waals surface area contributed by atoms with Crippen LogP contribution in [-0.4, -0.2) is 24.4 Å². The van der Waals surface area contributed by atoms with Gasteiger partial charge in [0.05, 0.1) is 6.04 Å². The molecule has 1 N–H and O–H groups in total. The quantitative estimate of drug-likeness (QED) is 0.835. The third-order valence-corrected chi connectivity index (χ3v) is 2.67. The van der Waals surface area contributed by atoms with Crippen LogP contribution in [0.2, 0.25) is 0 Å². The summed E-state index contributed by atoms with van der Waals surface area (Å²) in [6, 6.07) is 5.58. The number of nitrogens with zero attached hydrogens (tertiary/aromatic N) is 1. The minimum absolute atomic E-state index is 0.0599. The van der Waals surface area contributed by atoms with Crippen LogP contribution in [0.5, 0.6) is 0 Å². The van der Waals surface area contributed by atoms with Crippen molar-refractivity contribution in [3.63, 3.8) is 0 Å². The predicted molar refractivity (Wildman–Crippen MR) is 61.0 cm³/mol. The second-order valence-corrected chi connectivity index (χ2v) is 4.08. The summed E-state index contributed by atoms with van der Waals surface area (Å²) < 4.78 is 12.8. The second-order valence-electron chi connectivity index (χ2n) is 4.08. The first-order valence-electron chi connectivity index (χ1n) is 5.39. The van der Waals surface area contributed by atoms with Crippen LogP contribution in [0.15, 0.2) is 24.3 Å². The Kier molecular flexibility index (Phi) is 3.08. The summed E-state index contributed by atoms with van der Waals surface area (Å²) in [7, 11) is 0. The zero-order chi connectivity index (χ0) is 12.4. The van der Waals surface area contributed by atoms with Gasteiger partial charge >= 0.3 is 0 Å². The van der Waals surface area contributed by atoms with Crippen molar-refractivity contribution in [1.82, 2.24) is 5.32 Å². The molecule has 0 aromatic heterocycles. The highest BCUT2D eigenvalue weighted by Gasteiger charge is 2.30. The molecule has 1 fully saturated rings. The van der Waals surface area contributed by atoms with E-state index in [1.54, 1.807) is 17.0 Å². The first kappa shape index (κ1) is 11.6. The van der Waals surface area contributed by atoms with Crippen molar-refractivity contribution < 1.29 is 14.0 Å². The number of nitrogens with one attached hydrogen (secondary N) is 1. The summed E-state index contributed by atoms with van der Waals surface area (Å²) >= 11 is 0. The summed E-state index contributed by atoms with van der Waals surface area (Å²) in [5.41, 5.74) is 0.657. The smallest absolute Gasteiger partial charge is 0.229 e. The van der Waals surface area contributed by atoms with E-state index in [9.17, 15) is 14.0 Å². The van der Waals surface area contributed by atoms with Crippen molar-refractivity contribution in [2.24, 2.45) is 0 Å². The minimum Gasteiger partial charge on any atom is -0.351 e. The van der Waals surface area contributed by atoms with Crippen LogP contribution in [-0.2, 0) is 9.59 Å². The highest BCUT2D eigenvalue weighted by atomic mass is 19.1. The Morgan fingerprint density at radius 1 is 1.41 bits per heavy atom. The molecule has 2 amide bonds. The number of anilines is 1. The molecule has 2 rings (SSSR count). The van der Waals surface area contributed by atoms with Gasteiger partial charge in [-0.15, -0.1) is 0 Å². The molecule has 17 heavy (non-hydrogen) atoms. The maximum absolute atomic E-state index is 12.8. The van der Waals surface area contributed by atoms with Crippen LogP contribution in [0.3, 0.4) is 0 Å². The van der Waals surface area contributed by atoms with Gasteiger partial charge in [0.15, 0.2) is 0 Å². The summed E-state index contributed by atoms with van der Waals surface area (Å²) in [4.78, 5) is 24.2. The van der Waals surface area contributed by atoms with Gasteiger partial charge < -0.3 is 10.2 Å². The molecule has 4 nitrogen and oxygen atoms in total. The van der Waals surface area contributed by atoms with Crippen LogP contribution in [0, 0.1) is 5.82 Å². The Bertz CT molecular complexity index is 444. The molecule has 1 aliphatic heterocycles. The first-order chi connectivity index (χ1) is 8.06. The molecular formula is C12H13FN2O2. The molecule has 1 aromatic rings. The first-order valence-corrected chi connectivity index (χ1v) is 5.39. The molecule has 0 aliphatic carbocycles. The SMILES string of the molecule is CC(=O)N[C@@H]1CC(=O)N(c2ccc(F)cc2)C1. The Balaban J connectivity index is 2.10. The van der Waals surface area contributed by atoms with Crippen molar-refractivity contribution in [2.45, 2.75) is 19.4 Å². The van der Waals surface area contributed by atoms with E-state index in [1.165, 1.54) is 19.1 Å². The average molecular weight is 236 g/mol. The highest BCUT2D eigenvalue weighted by molar-refractivity contribution is 5.96. The molecule has 90 valence electrons. The Morgan fingerprint density at radius 2 is 2.06 bits per heavy atom. The molecule has 1 saturated heterocycles. The van der Waals surface area contributed by atoms with E-state index in [0.717, 1.165) is 0 Å². The number of rotatable bonds is 2. The van der Waals surface area contributed by atoms with Crippen molar-refractivity contribution in [2.75, 3.05) is 11.4 Å².